The van der Waals surface area contributed by atoms with Gasteiger partial charge in [0.1, 0.15) is 0 Å². The molecular formula is C16H15NO. The van der Waals surface area contributed by atoms with Crippen molar-refractivity contribution in [1.29, 1.82) is 0 Å². The van der Waals surface area contributed by atoms with E-state index in [4.69, 9.17) is 5.21 Å². The summed E-state index contributed by atoms with van der Waals surface area (Å²) >= 11 is 0. The van der Waals surface area contributed by atoms with E-state index in [0.717, 1.165) is 16.7 Å². The first kappa shape index (κ1) is 12.1. The maximum atomic E-state index is 8.99. The van der Waals surface area contributed by atoms with Gasteiger partial charge in [-0.15, -0.1) is 0 Å². The molecule has 1 N–H and O–H groups in total. The van der Waals surface area contributed by atoms with Crippen LogP contribution in [0.5, 0.6) is 0 Å². The molecule has 2 nitrogen and oxygen atoms in total. The molecule has 0 saturated heterocycles. The second-order valence-electron chi connectivity index (χ2n) is 4.02. The van der Waals surface area contributed by atoms with E-state index >= 15 is 0 Å². The zero-order valence-corrected chi connectivity index (χ0v) is 10.2. The molecule has 0 aliphatic heterocycles. The minimum absolute atomic E-state index is 0.602. The smallest absolute Gasteiger partial charge is 0.0843 e. The van der Waals surface area contributed by atoms with Crippen molar-refractivity contribution in [3.8, 4) is 0 Å². The predicted molar refractivity (Wildman–Crippen MR) is 75.7 cm³/mol. The summed E-state index contributed by atoms with van der Waals surface area (Å²) < 4.78 is 0. The van der Waals surface area contributed by atoms with Crippen LogP contribution in [-0.4, -0.2) is 10.9 Å². The Morgan fingerprint density at radius 3 is 2.06 bits per heavy atom. The van der Waals surface area contributed by atoms with Crippen LogP contribution in [0, 0.1) is 0 Å². The molecule has 0 fully saturated rings. The molecule has 18 heavy (non-hydrogen) atoms. The Hall–Kier alpha value is -2.35. The summed E-state index contributed by atoms with van der Waals surface area (Å²) in [5.74, 6) is 0. The highest BCUT2D eigenvalue weighted by atomic mass is 16.4. The van der Waals surface area contributed by atoms with Crippen molar-refractivity contribution in [3.63, 3.8) is 0 Å². The Morgan fingerprint density at radius 2 is 1.50 bits per heavy atom. The van der Waals surface area contributed by atoms with Crippen molar-refractivity contribution in [3.05, 3.63) is 71.8 Å². The Morgan fingerprint density at radius 1 is 0.944 bits per heavy atom. The number of nitrogens with zero attached hydrogens (tertiary/aromatic N) is 1. The van der Waals surface area contributed by atoms with E-state index in [1.54, 1.807) is 6.92 Å². The molecule has 0 aliphatic rings. The van der Waals surface area contributed by atoms with Crippen LogP contribution in [0.25, 0.3) is 11.6 Å². The van der Waals surface area contributed by atoms with Crippen molar-refractivity contribution in [1.82, 2.24) is 0 Å². The van der Waals surface area contributed by atoms with Gasteiger partial charge in [-0.2, -0.15) is 0 Å². The van der Waals surface area contributed by atoms with Crippen molar-refractivity contribution >= 4 is 17.4 Å². The minimum Gasteiger partial charge on any atom is -0.411 e. The molecule has 0 spiro atoms. The maximum absolute atomic E-state index is 8.99. The zero-order valence-electron chi connectivity index (χ0n) is 10.2. The monoisotopic (exact) mass is 237 g/mol. The van der Waals surface area contributed by atoms with Crippen LogP contribution in [0.3, 0.4) is 0 Å². The molecule has 2 heteroatoms. The van der Waals surface area contributed by atoms with Crippen LogP contribution >= 0.6 is 0 Å². The van der Waals surface area contributed by atoms with Gasteiger partial charge in [0.05, 0.1) is 5.71 Å². The van der Waals surface area contributed by atoms with Crippen LogP contribution in [0.15, 0.2) is 65.8 Å². The Balaban J connectivity index is 2.48. The highest BCUT2D eigenvalue weighted by Gasteiger charge is 2.05. The van der Waals surface area contributed by atoms with Crippen LogP contribution in [0.4, 0.5) is 0 Å². The highest BCUT2D eigenvalue weighted by molar-refractivity contribution is 6.26. The van der Waals surface area contributed by atoms with E-state index in [1.807, 2.05) is 66.7 Å². The summed E-state index contributed by atoms with van der Waals surface area (Å²) in [6.07, 6.45) is 2.02. The SMILES string of the molecule is CC(=NO)C(=Cc1ccccc1)c1ccccc1. The number of rotatable bonds is 3. The normalized spacial score (nSPS) is 12.5. The quantitative estimate of drug-likeness (QED) is 0.371. The molecule has 90 valence electrons. The fourth-order valence-corrected chi connectivity index (χ4v) is 1.78. The summed E-state index contributed by atoms with van der Waals surface area (Å²) in [6.45, 7) is 1.79. The van der Waals surface area contributed by atoms with E-state index in [1.165, 1.54) is 0 Å². The molecule has 2 aromatic carbocycles. The molecule has 0 aliphatic carbocycles. The summed E-state index contributed by atoms with van der Waals surface area (Å²) in [4.78, 5) is 0. The fourth-order valence-electron chi connectivity index (χ4n) is 1.78. The molecule has 0 saturated carbocycles. The molecule has 0 amide bonds. The van der Waals surface area contributed by atoms with Gasteiger partial charge in [0, 0.05) is 5.57 Å². The maximum Gasteiger partial charge on any atom is 0.0843 e. The standard InChI is InChI=1S/C16H15NO/c1-13(17-18)16(15-10-6-3-7-11-15)12-14-8-4-2-5-9-14/h2-12,18H,1H3. The van der Waals surface area contributed by atoms with E-state index in [2.05, 4.69) is 5.16 Å². The van der Waals surface area contributed by atoms with Gasteiger partial charge in [-0.05, 0) is 24.1 Å². The van der Waals surface area contributed by atoms with Crippen LogP contribution < -0.4 is 0 Å². The summed E-state index contributed by atoms with van der Waals surface area (Å²) in [6, 6.07) is 19.9. The first-order valence-corrected chi connectivity index (χ1v) is 5.82. The minimum atomic E-state index is 0.602. The number of allylic oxidation sites excluding steroid dienone is 1. The second kappa shape index (κ2) is 5.82. The number of hydrogen-bond acceptors (Lipinski definition) is 2. The van der Waals surface area contributed by atoms with Gasteiger partial charge < -0.3 is 5.21 Å². The molecule has 2 rings (SSSR count). The number of oxime groups is 1. The van der Waals surface area contributed by atoms with Gasteiger partial charge in [0.2, 0.25) is 0 Å². The largest absolute Gasteiger partial charge is 0.411 e. The zero-order chi connectivity index (χ0) is 12.8. The molecular weight excluding hydrogens is 222 g/mol. The molecule has 0 atom stereocenters. The third-order valence-electron chi connectivity index (χ3n) is 2.74. The van der Waals surface area contributed by atoms with E-state index < -0.39 is 0 Å². The predicted octanol–water partition coefficient (Wildman–Crippen LogP) is 4.08. The summed E-state index contributed by atoms with van der Waals surface area (Å²) in [5.41, 5.74) is 3.64. The van der Waals surface area contributed by atoms with E-state index in [0.29, 0.717) is 5.71 Å². The Labute approximate surface area is 107 Å². The van der Waals surface area contributed by atoms with Crippen LogP contribution in [0.1, 0.15) is 18.1 Å². The average molecular weight is 237 g/mol. The van der Waals surface area contributed by atoms with Gasteiger partial charge in [-0.1, -0.05) is 65.8 Å². The second-order valence-corrected chi connectivity index (χ2v) is 4.02. The fraction of sp³-hybridized carbons (Fsp3) is 0.0625. The van der Waals surface area contributed by atoms with Crippen LogP contribution in [0.2, 0.25) is 0 Å². The molecule has 0 radical (unpaired) electrons. The average Bonchev–Trinajstić information content (AvgIpc) is 2.46. The molecule has 0 unspecified atom stereocenters. The lowest BCUT2D eigenvalue weighted by Gasteiger charge is -2.06. The first-order valence-electron chi connectivity index (χ1n) is 5.82. The Bertz CT molecular complexity index is 556. The number of hydrogen-bond donors (Lipinski definition) is 1. The van der Waals surface area contributed by atoms with E-state index in [9.17, 15) is 0 Å². The first-order chi connectivity index (χ1) is 8.81. The molecule has 2 aromatic rings. The van der Waals surface area contributed by atoms with Gasteiger partial charge in [-0.25, -0.2) is 0 Å². The van der Waals surface area contributed by atoms with Gasteiger partial charge in [0.25, 0.3) is 0 Å². The van der Waals surface area contributed by atoms with E-state index in [-0.39, 0.29) is 0 Å². The molecule has 0 bridgehead atoms. The van der Waals surface area contributed by atoms with Gasteiger partial charge >= 0.3 is 0 Å². The van der Waals surface area contributed by atoms with Crippen molar-refractivity contribution in [2.24, 2.45) is 5.16 Å². The van der Waals surface area contributed by atoms with Crippen molar-refractivity contribution < 1.29 is 5.21 Å². The lowest BCUT2D eigenvalue weighted by molar-refractivity contribution is 0.319. The molecule has 0 aromatic heterocycles. The van der Waals surface area contributed by atoms with Gasteiger partial charge in [-0.3, -0.25) is 0 Å². The van der Waals surface area contributed by atoms with Crippen molar-refractivity contribution in [2.45, 2.75) is 6.92 Å². The summed E-state index contributed by atoms with van der Waals surface area (Å²) in [7, 11) is 0. The van der Waals surface area contributed by atoms with Crippen molar-refractivity contribution in [2.75, 3.05) is 0 Å². The topological polar surface area (TPSA) is 32.6 Å². The Kier molecular flexibility index (Phi) is 3.92. The highest BCUT2D eigenvalue weighted by Crippen LogP contribution is 2.19. The summed E-state index contributed by atoms with van der Waals surface area (Å²) in [5, 5.41) is 12.3. The lowest BCUT2D eigenvalue weighted by Crippen LogP contribution is -1.96. The third kappa shape index (κ3) is 2.86. The van der Waals surface area contributed by atoms with Gasteiger partial charge in [0.15, 0.2) is 0 Å². The lowest BCUT2D eigenvalue weighted by atomic mass is 9.99. The third-order valence-corrected chi connectivity index (χ3v) is 2.74. The van der Waals surface area contributed by atoms with Crippen LogP contribution in [-0.2, 0) is 0 Å². The number of benzene rings is 2. The molecule has 0 heterocycles.